The number of anilines is 1. The largest absolute Gasteiger partial charge is 0.276 e. The molecule has 6 nitrogen and oxygen atoms in total. The van der Waals surface area contributed by atoms with Gasteiger partial charge in [0.15, 0.2) is 5.15 Å². The van der Waals surface area contributed by atoms with Gasteiger partial charge < -0.3 is 0 Å². The van der Waals surface area contributed by atoms with Crippen LogP contribution in [-0.4, -0.2) is 23.4 Å². The molecule has 0 saturated heterocycles. The Balaban J connectivity index is 1.57. The minimum atomic E-state index is -3.81. The lowest BCUT2D eigenvalue weighted by atomic mass is 9.98. The number of fused-ring (bicyclic) bond motifs is 1. The second-order valence-corrected chi connectivity index (χ2v) is 9.80. The smallest absolute Gasteiger partial charge is 0.261 e. The first-order chi connectivity index (χ1) is 16.4. The van der Waals surface area contributed by atoms with Crippen molar-refractivity contribution in [2.24, 2.45) is 0 Å². The minimum Gasteiger partial charge on any atom is -0.276 e. The summed E-state index contributed by atoms with van der Waals surface area (Å²) < 4.78 is 28.1. The molecule has 0 unspecified atom stereocenters. The molecule has 2 aromatic carbocycles. The molecule has 168 valence electrons. The van der Waals surface area contributed by atoms with Crippen LogP contribution in [0.2, 0.25) is 5.15 Å². The Bertz CT molecular complexity index is 1620. The number of aryl methyl sites for hydroxylation is 1. The summed E-state index contributed by atoms with van der Waals surface area (Å²) in [5, 5.41) is 1.03. The van der Waals surface area contributed by atoms with E-state index in [4.69, 9.17) is 11.6 Å². The molecule has 3 heterocycles. The van der Waals surface area contributed by atoms with Crippen molar-refractivity contribution in [3.63, 3.8) is 0 Å². The Morgan fingerprint density at radius 3 is 2.38 bits per heavy atom. The Morgan fingerprint density at radius 2 is 1.59 bits per heavy atom. The monoisotopic (exact) mass is 486 g/mol. The van der Waals surface area contributed by atoms with Gasteiger partial charge in [0.05, 0.1) is 16.1 Å². The summed E-state index contributed by atoms with van der Waals surface area (Å²) in [6.45, 7) is 1.95. The van der Waals surface area contributed by atoms with E-state index in [-0.39, 0.29) is 15.7 Å². The zero-order valence-corrected chi connectivity index (χ0v) is 19.7. The van der Waals surface area contributed by atoms with E-state index >= 15 is 0 Å². The van der Waals surface area contributed by atoms with E-state index in [0.29, 0.717) is 0 Å². The molecule has 3 aromatic heterocycles. The summed E-state index contributed by atoms with van der Waals surface area (Å²) in [4.78, 5) is 13.1. The summed E-state index contributed by atoms with van der Waals surface area (Å²) >= 11 is 6.24. The molecule has 0 amide bonds. The van der Waals surface area contributed by atoms with Crippen molar-refractivity contribution < 1.29 is 8.42 Å². The molecular formula is C26H19ClN4O2S. The van der Waals surface area contributed by atoms with Gasteiger partial charge in [-0.25, -0.2) is 13.4 Å². The predicted octanol–water partition coefficient (Wildman–Crippen LogP) is 6.12. The van der Waals surface area contributed by atoms with Crippen molar-refractivity contribution in [3.05, 3.63) is 102 Å². The van der Waals surface area contributed by atoms with Gasteiger partial charge in [-0.2, -0.15) is 0 Å². The molecule has 0 radical (unpaired) electrons. The van der Waals surface area contributed by atoms with Gasteiger partial charge in [-0.15, -0.1) is 0 Å². The summed E-state index contributed by atoms with van der Waals surface area (Å²) in [7, 11) is -3.81. The third-order valence-electron chi connectivity index (χ3n) is 5.42. The van der Waals surface area contributed by atoms with E-state index in [2.05, 4.69) is 19.7 Å². The van der Waals surface area contributed by atoms with Crippen molar-refractivity contribution >= 4 is 38.2 Å². The number of hydrogen-bond donors (Lipinski definition) is 1. The lowest BCUT2D eigenvalue weighted by molar-refractivity contribution is 0.601. The van der Waals surface area contributed by atoms with Gasteiger partial charge >= 0.3 is 0 Å². The first-order valence-corrected chi connectivity index (χ1v) is 12.3. The van der Waals surface area contributed by atoms with Gasteiger partial charge in [0.1, 0.15) is 0 Å². The fourth-order valence-corrected chi connectivity index (χ4v) is 5.06. The zero-order chi connectivity index (χ0) is 23.7. The molecule has 0 spiro atoms. The number of pyridine rings is 3. The van der Waals surface area contributed by atoms with E-state index < -0.39 is 10.0 Å². The lowest BCUT2D eigenvalue weighted by Crippen LogP contribution is -2.13. The quantitative estimate of drug-likeness (QED) is 0.302. The highest BCUT2D eigenvalue weighted by molar-refractivity contribution is 7.92. The molecule has 0 bridgehead atoms. The van der Waals surface area contributed by atoms with Crippen LogP contribution in [0.15, 0.2) is 96.3 Å². The van der Waals surface area contributed by atoms with Crippen LogP contribution in [0.3, 0.4) is 0 Å². The van der Waals surface area contributed by atoms with Crippen LogP contribution in [0.4, 0.5) is 5.69 Å². The van der Waals surface area contributed by atoms with E-state index in [9.17, 15) is 8.42 Å². The lowest BCUT2D eigenvalue weighted by Gasteiger charge is -2.12. The van der Waals surface area contributed by atoms with E-state index in [1.54, 1.807) is 42.9 Å². The first kappa shape index (κ1) is 22.0. The number of rotatable bonds is 5. The number of nitrogens with zero attached hydrogens (tertiary/aromatic N) is 3. The molecule has 1 N–H and O–H groups in total. The summed E-state index contributed by atoms with van der Waals surface area (Å²) in [6.07, 6.45) is 5.19. The molecule has 5 aromatic rings. The van der Waals surface area contributed by atoms with Gasteiger partial charge in [0, 0.05) is 35.2 Å². The van der Waals surface area contributed by atoms with Crippen LogP contribution in [0, 0.1) is 6.92 Å². The normalized spacial score (nSPS) is 11.5. The highest BCUT2D eigenvalue weighted by Gasteiger charge is 2.17. The number of halogens is 1. The van der Waals surface area contributed by atoms with E-state index in [1.807, 2.05) is 43.3 Å². The SMILES string of the molecule is Cc1cc(-c2ccnc3ccc(-c4cnc(Cl)c(NS(=O)(=O)c5ccccc5)c4)cc23)ccn1. The summed E-state index contributed by atoms with van der Waals surface area (Å²) in [6, 6.07) is 21.7. The van der Waals surface area contributed by atoms with Gasteiger partial charge in [-0.05, 0) is 72.1 Å². The second kappa shape index (κ2) is 8.85. The Morgan fingerprint density at radius 1 is 0.794 bits per heavy atom. The molecule has 5 rings (SSSR count). The zero-order valence-electron chi connectivity index (χ0n) is 18.1. The van der Waals surface area contributed by atoms with E-state index in [1.165, 1.54) is 12.1 Å². The molecule has 0 saturated carbocycles. The molecule has 8 heteroatoms. The van der Waals surface area contributed by atoms with Gasteiger partial charge in [-0.3, -0.25) is 14.7 Å². The van der Waals surface area contributed by atoms with Crippen LogP contribution in [-0.2, 0) is 10.0 Å². The maximum atomic E-state index is 12.8. The molecule has 0 fully saturated rings. The van der Waals surface area contributed by atoms with Crippen molar-refractivity contribution in [2.45, 2.75) is 11.8 Å². The highest BCUT2D eigenvalue weighted by Crippen LogP contribution is 2.33. The van der Waals surface area contributed by atoms with Crippen LogP contribution in [0.25, 0.3) is 33.2 Å². The average molecular weight is 487 g/mol. The van der Waals surface area contributed by atoms with Gasteiger partial charge in [0.2, 0.25) is 0 Å². The van der Waals surface area contributed by atoms with Gasteiger partial charge in [0.25, 0.3) is 10.0 Å². The molecule has 0 aliphatic carbocycles. The van der Waals surface area contributed by atoms with Crippen LogP contribution >= 0.6 is 11.6 Å². The molecule has 34 heavy (non-hydrogen) atoms. The number of aromatic nitrogens is 3. The third-order valence-corrected chi connectivity index (χ3v) is 7.10. The topological polar surface area (TPSA) is 84.8 Å². The predicted molar refractivity (Wildman–Crippen MR) is 135 cm³/mol. The third kappa shape index (κ3) is 4.35. The number of nitrogens with one attached hydrogen (secondary N) is 1. The fraction of sp³-hybridized carbons (Fsp3) is 0.0385. The molecular weight excluding hydrogens is 468 g/mol. The Hall–Kier alpha value is -3.81. The number of hydrogen-bond acceptors (Lipinski definition) is 5. The maximum Gasteiger partial charge on any atom is 0.261 e. The molecule has 0 aliphatic heterocycles. The molecule has 0 aliphatic rings. The van der Waals surface area contributed by atoms with Crippen LogP contribution < -0.4 is 4.72 Å². The van der Waals surface area contributed by atoms with Crippen molar-refractivity contribution in [2.75, 3.05) is 4.72 Å². The fourth-order valence-electron chi connectivity index (χ4n) is 3.77. The van der Waals surface area contributed by atoms with E-state index in [0.717, 1.165) is 38.9 Å². The van der Waals surface area contributed by atoms with Crippen LogP contribution in [0.1, 0.15) is 5.69 Å². The summed E-state index contributed by atoms with van der Waals surface area (Å²) in [5.41, 5.74) is 5.64. The highest BCUT2D eigenvalue weighted by atomic mass is 35.5. The maximum absolute atomic E-state index is 12.8. The Labute approximate surface area is 202 Å². The van der Waals surface area contributed by atoms with Gasteiger partial charge in [-0.1, -0.05) is 35.9 Å². The number of sulfonamides is 1. The standard InChI is InChI=1S/C26H19ClN4O2S/c1-17-13-19(9-11-28-17)22-10-12-29-24-8-7-18(14-23(22)24)20-15-25(26(27)30-16-20)31-34(32,33)21-5-3-2-4-6-21/h2-16,31H,1H3. The Kier molecular flexibility index (Phi) is 5.73. The molecule has 0 atom stereocenters. The minimum absolute atomic E-state index is 0.0682. The van der Waals surface area contributed by atoms with Crippen molar-refractivity contribution in [1.82, 2.24) is 15.0 Å². The second-order valence-electron chi connectivity index (χ2n) is 7.76. The van der Waals surface area contributed by atoms with Crippen LogP contribution in [0.5, 0.6) is 0 Å². The van der Waals surface area contributed by atoms with Crippen molar-refractivity contribution in [1.29, 1.82) is 0 Å². The summed E-state index contributed by atoms with van der Waals surface area (Å²) in [5.74, 6) is 0. The number of benzene rings is 2. The first-order valence-electron chi connectivity index (χ1n) is 10.5. The van der Waals surface area contributed by atoms with Crippen molar-refractivity contribution in [3.8, 4) is 22.3 Å². The average Bonchev–Trinajstić information content (AvgIpc) is 2.85.